The molecule has 2 unspecified atom stereocenters. The monoisotopic (exact) mass is 264 g/mol. The van der Waals surface area contributed by atoms with Crippen molar-refractivity contribution in [2.75, 3.05) is 12.3 Å². The average molecular weight is 264 g/mol. The van der Waals surface area contributed by atoms with Crippen LogP contribution in [0.2, 0.25) is 0 Å². The highest BCUT2D eigenvalue weighted by Gasteiger charge is 2.29. The third kappa shape index (κ3) is 2.91. The Morgan fingerprint density at radius 3 is 3.22 bits per heavy atom. The number of furan rings is 1. The maximum atomic E-state index is 5.31. The number of aliphatic imine (C=N–C) groups is 1. The molecule has 0 bridgehead atoms. The minimum absolute atomic E-state index is 0.683. The molecule has 1 aromatic heterocycles. The molecule has 1 aliphatic heterocycles. The Labute approximate surface area is 112 Å². The predicted molar refractivity (Wildman–Crippen MR) is 76.1 cm³/mol. The van der Waals surface area contributed by atoms with Gasteiger partial charge in [0.25, 0.3) is 0 Å². The molecule has 2 aliphatic rings. The van der Waals surface area contributed by atoms with Gasteiger partial charge in [-0.15, -0.1) is 0 Å². The Bertz CT molecular complexity index is 402. The molecule has 2 atom stereocenters. The van der Waals surface area contributed by atoms with Crippen LogP contribution in [-0.4, -0.2) is 23.5 Å². The van der Waals surface area contributed by atoms with Gasteiger partial charge in [0, 0.05) is 24.8 Å². The molecule has 1 aromatic rings. The first-order valence-corrected chi connectivity index (χ1v) is 7.86. The van der Waals surface area contributed by atoms with Crippen molar-refractivity contribution < 1.29 is 4.42 Å². The number of amidine groups is 1. The van der Waals surface area contributed by atoms with Crippen LogP contribution in [0.4, 0.5) is 0 Å². The van der Waals surface area contributed by atoms with Crippen molar-refractivity contribution >= 4 is 16.9 Å². The van der Waals surface area contributed by atoms with Crippen LogP contribution < -0.4 is 5.32 Å². The fourth-order valence-corrected chi connectivity index (χ4v) is 3.99. The molecular weight excluding hydrogens is 244 g/mol. The van der Waals surface area contributed by atoms with Crippen LogP contribution in [0.1, 0.15) is 31.4 Å². The van der Waals surface area contributed by atoms with E-state index in [1.54, 1.807) is 6.26 Å². The molecule has 1 saturated heterocycles. The van der Waals surface area contributed by atoms with E-state index in [0.717, 1.165) is 29.8 Å². The highest BCUT2D eigenvalue weighted by Crippen LogP contribution is 2.31. The first-order valence-electron chi connectivity index (χ1n) is 6.88. The quantitative estimate of drug-likeness (QED) is 0.911. The Morgan fingerprint density at radius 1 is 1.39 bits per heavy atom. The van der Waals surface area contributed by atoms with Crippen LogP contribution in [0.5, 0.6) is 0 Å². The van der Waals surface area contributed by atoms with Crippen molar-refractivity contribution in [2.24, 2.45) is 10.9 Å². The van der Waals surface area contributed by atoms with E-state index in [9.17, 15) is 0 Å². The molecule has 1 aliphatic carbocycles. The lowest BCUT2D eigenvalue weighted by Crippen LogP contribution is -2.46. The van der Waals surface area contributed by atoms with Gasteiger partial charge in [-0.05, 0) is 30.9 Å². The maximum Gasteiger partial charge on any atom is 0.156 e. The molecule has 3 rings (SSSR count). The van der Waals surface area contributed by atoms with Gasteiger partial charge >= 0.3 is 0 Å². The van der Waals surface area contributed by atoms with Gasteiger partial charge < -0.3 is 9.73 Å². The fourth-order valence-electron chi connectivity index (χ4n) is 2.80. The van der Waals surface area contributed by atoms with Crippen molar-refractivity contribution in [2.45, 2.75) is 38.1 Å². The molecule has 1 saturated carbocycles. The van der Waals surface area contributed by atoms with Crippen LogP contribution in [0.15, 0.2) is 27.8 Å². The summed E-state index contributed by atoms with van der Waals surface area (Å²) < 4.78 is 5.31. The lowest BCUT2D eigenvalue weighted by atomic mass is 9.86. The van der Waals surface area contributed by atoms with Crippen LogP contribution in [0, 0.1) is 5.92 Å². The van der Waals surface area contributed by atoms with E-state index in [4.69, 9.17) is 4.42 Å². The Hall–Kier alpha value is -0.900. The summed E-state index contributed by atoms with van der Waals surface area (Å²) >= 11 is 1.89. The molecule has 18 heavy (non-hydrogen) atoms. The third-order valence-corrected chi connectivity index (χ3v) is 4.96. The topological polar surface area (TPSA) is 37.5 Å². The van der Waals surface area contributed by atoms with E-state index >= 15 is 0 Å². The Kier molecular flexibility index (Phi) is 3.93. The smallest absolute Gasteiger partial charge is 0.156 e. The number of hydrogen-bond acceptors (Lipinski definition) is 3. The molecule has 4 heteroatoms. The van der Waals surface area contributed by atoms with Crippen LogP contribution in [0.3, 0.4) is 0 Å². The first-order chi connectivity index (χ1) is 8.92. The molecule has 3 nitrogen and oxygen atoms in total. The lowest BCUT2D eigenvalue weighted by molar-refractivity contribution is 0.311. The summed E-state index contributed by atoms with van der Waals surface area (Å²) in [6, 6.07) is 4.63. The van der Waals surface area contributed by atoms with E-state index in [1.807, 2.05) is 23.9 Å². The molecular formula is C14H20N2OS. The summed E-state index contributed by atoms with van der Waals surface area (Å²) in [5.74, 6) is 3.14. The van der Waals surface area contributed by atoms with Gasteiger partial charge in [0.1, 0.15) is 5.76 Å². The number of rotatable bonds is 3. The number of thioether (sulfide) groups is 1. The zero-order chi connectivity index (χ0) is 12.2. The van der Waals surface area contributed by atoms with Gasteiger partial charge in [-0.25, -0.2) is 0 Å². The van der Waals surface area contributed by atoms with Gasteiger partial charge in [-0.1, -0.05) is 24.6 Å². The molecule has 0 spiro atoms. The normalized spacial score (nSPS) is 29.9. The number of fused-ring (bicyclic) bond motifs is 1. The largest absolute Gasteiger partial charge is 0.469 e. The average Bonchev–Trinajstić information content (AvgIpc) is 2.92. The van der Waals surface area contributed by atoms with Gasteiger partial charge in [0.15, 0.2) is 5.17 Å². The Balaban J connectivity index is 1.50. The third-order valence-electron chi connectivity index (χ3n) is 3.85. The van der Waals surface area contributed by atoms with E-state index in [0.29, 0.717) is 6.04 Å². The van der Waals surface area contributed by atoms with Crippen molar-refractivity contribution in [3.63, 3.8) is 0 Å². The molecule has 0 aromatic carbocycles. The zero-order valence-corrected chi connectivity index (χ0v) is 11.4. The predicted octanol–water partition coefficient (Wildman–Crippen LogP) is 3.07. The molecule has 2 heterocycles. The van der Waals surface area contributed by atoms with Crippen LogP contribution >= 0.6 is 11.8 Å². The van der Waals surface area contributed by atoms with Gasteiger partial charge in [0.2, 0.25) is 0 Å². The summed E-state index contributed by atoms with van der Waals surface area (Å²) in [6.45, 7) is 0.820. The van der Waals surface area contributed by atoms with Crippen LogP contribution in [-0.2, 0) is 6.42 Å². The van der Waals surface area contributed by atoms with E-state index < -0.39 is 0 Å². The molecule has 1 N–H and O–H groups in total. The minimum atomic E-state index is 0.683. The second-order valence-electron chi connectivity index (χ2n) is 5.12. The van der Waals surface area contributed by atoms with Crippen molar-refractivity contribution in [1.29, 1.82) is 0 Å². The maximum absolute atomic E-state index is 5.31. The second kappa shape index (κ2) is 5.83. The van der Waals surface area contributed by atoms with E-state index in [1.165, 1.54) is 31.4 Å². The van der Waals surface area contributed by atoms with Gasteiger partial charge in [-0.3, -0.25) is 4.99 Å². The second-order valence-corrected chi connectivity index (χ2v) is 6.13. The highest BCUT2D eigenvalue weighted by molar-refractivity contribution is 8.13. The SMILES string of the molecule is c1coc(CCN=C2NC3CCCCC3CS2)c1. The van der Waals surface area contributed by atoms with E-state index in [2.05, 4.69) is 10.3 Å². The fraction of sp³-hybridized carbons (Fsp3) is 0.643. The zero-order valence-electron chi connectivity index (χ0n) is 10.6. The highest BCUT2D eigenvalue weighted by atomic mass is 32.2. The molecule has 0 amide bonds. The van der Waals surface area contributed by atoms with Crippen molar-refractivity contribution in [3.05, 3.63) is 24.2 Å². The van der Waals surface area contributed by atoms with Crippen molar-refractivity contribution in [3.8, 4) is 0 Å². The summed E-state index contributed by atoms with van der Waals surface area (Å²) in [5.41, 5.74) is 0. The number of nitrogens with zero attached hydrogens (tertiary/aromatic N) is 1. The summed E-state index contributed by atoms with van der Waals surface area (Å²) in [5, 5.41) is 4.76. The van der Waals surface area contributed by atoms with E-state index in [-0.39, 0.29) is 0 Å². The lowest BCUT2D eigenvalue weighted by Gasteiger charge is -2.36. The molecule has 0 radical (unpaired) electrons. The molecule has 2 fully saturated rings. The number of hydrogen-bond donors (Lipinski definition) is 1. The number of nitrogens with one attached hydrogen (secondary N) is 1. The van der Waals surface area contributed by atoms with Gasteiger partial charge in [-0.2, -0.15) is 0 Å². The summed E-state index contributed by atoms with van der Waals surface area (Å²) in [6.07, 6.45) is 8.12. The standard InChI is InChI=1S/C14H20N2OS/c1-2-6-13-11(4-1)10-18-14(16-13)15-8-7-12-5-3-9-17-12/h3,5,9,11,13H,1-2,4,6-8,10H2,(H,15,16). The van der Waals surface area contributed by atoms with Gasteiger partial charge in [0.05, 0.1) is 6.26 Å². The molecule has 98 valence electrons. The summed E-state index contributed by atoms with van der Waals surface area (Å²) in [4.78, 5) is 4.66. The first kappa shape index (κ1) is 12.2. The summed E-state index contributed by atoms with van der Waals surface area (Å²) in [7, 11) is 0. The van der Waals surface area contributed by atoms with Crippen molar-refractivity contribution in [1.82, 2.24) is 5.32 Å². The Morgan fingerprint density at radius 2 is 2.33 bits per heavy atom. The van der Waals surface area contributed by atoms with Crippen LogP contribution in [0.25, 0.3) is 0 Å². The minimum Gasteiger partial charge on any atom is -0.469 e.